The first-order chi connectivity index (χ1) is 7.13. The van der Waals surface area contributed by atoms with Crippen molar-refractivity contribution >= 4 is 11.8 Å². The zero-order chi connectivity index (χ0) is 11.3. The van der Waals surface area contributed by atoms with Crippen LogP contribution in [0.25, 0.3) is 0 Å². The molecule has 0 spiro atoms. The van der Waals surface area contributed by atoms with Crippen LogP contribution < -0.4 is 0 Å². The summed E-state index contributed by atoms with van der Waals surface area (Å²) in [5.41, 5.74) is 0. The minimum absolute atomic E-state index is 0.327. The van der Waals surface area contributed by atoms with E-state index in [1.54, 1.807) is 16.4 Å². The Bertz CT molecular complexity index is 290. The maximum atomic E-state index is 9.79. The first-order valence-corrected chi connectivity index (χ1v) is 6.30. The van der Waals surface area contributed by atoms with Gasteiger partial charge in [-0.05, 0) is 6.42 Å². The Morgan fingerprint density at radius 2 is 2.33 bits per heavy atom. The molecule has 0 fully saturated rings. The molecule has 2 unspecified atom stereocenters. The quantitative estimate of drug-likeness (QED) is 0.797. The zero-order valence-electron chi connectivity index (χ0n) is 9.55. The third-order valence-electron chi connectivity index (χ3n) is 2.37. The maximum absolute atomic E-state index is 9.79. The highest BCUT2D eigenvalue weighted by atomic mass is 32.2. The van der Waals surface area contributed by atoms with Gasteiger partial charge in [-0.2, -0.15) is 16.9 Å². The standard InChI is InChI=1S/C10H19N3OS/c1-4-8(2)15-6-9(14)5-10-11-7-12-13(10)3/h7-9,14H,4-6H2,1-3H3. The summed E-state index contributed by atoms with van der Waals surface area (Å²) in [4.78, 5) is 4.09. The maximum Gasteiger partial charge on any atom is 0.138 e. The number of thioether (sulfide) groups is 1. The Balaban J connectivity index is 2.30. The van der Waals surface area contributed by atoms with E-state index in [1.165, 1.54) is 6.33 Å². The van der Waals surface area contributed by atoms with Gasteiger partial charge in [0, 0.05) is 24.5 Å². The molecular formula is C10H19N3OS. The number of nitrogens with zero attached hydrogens (tertiary/aromatic N) is 3. The highest BCUT2D eigenvalue weighted by Gasteiger charge is 2.11. The first kappa shape index (κ1) is 12.5. The van der Waals surface area contributed by atoms with Gasteiger partial charge in [0.15, 0.2) is 0 Å². The van der Waals surface area contributed by atoms with Crippen molar-refractivity contribution in [2.45, 2.75) is 38.0 Å². The number of aromatic nitrogens is 3. The molecule has 1 rings (SSSR count). The topological polar surface area (TPSA) is 50.9 Å². The van der Waals surface area contributed by atoms with E-state index in [4.69, 9.17) is 0 Å². The number of hydrogen-bond donors (Lipinski definition) is 1. The predicted octanol–water partition coefficient (Wildman–Crippen LogP) is 1.25. The van der Waals surface area contributed by atoms with Crippen molar-refractivity contribution in [3.8, 4) is 0 Å². The van der Waals surface area contributed by atoms with Gasteiger partial charge < -0.3 is 5.11 Å². The second-order valence-electron chi connectivity index (χ2n) is 3.71. The van der Waals surface area contributed by atoms with Crippen LogP contribution in [0.15, 0.2) is 6.33 Å². The van der Waals surface area contributed by atoms with Crippen molar-refractivity contribution in [3.63, 3.8) is 0 Å². The van der Waals surface area contributed by atoms with Crippen LogP contribution in [0.2, 0.25) is 0 Å². The summed E-state index contributed by atoms with van der Waals surface area (Å²) in [7, 11) is 1.84. The summed E-state index contributed by atoms with van der Waals surface area (Å²) < 4.78 is 1.71. The molecule has 0 aliphatic rings. The largest absolute Gasteiger partial charge is 0.392 e. The van der Waals surface area contributed by atoms with Crippen LogP contribution in [0.1, 0.15) is 26.1 Å². The lowest BCUT2D eigenvalue weighted by molar-refractivity contribution is 0.196. The van der Waals surface area contributed by atoms with E-state index in [-0.39, 0.29) is 6.10 Å². The third-order valence-corrected chi connectivity index (χ3v) is 3.85. The van der Waals surface area contributed by atoms with Gasteiger partial charge in [0.25, 0.3) is 0 Å². The molecule has 0 radical (unpaired) electrons. The molecule has 15 heavy (non-hydrogen) atoms. The Labute approximate surface area is 95.1 Å². The molecule has 2 atom stereocenters. The van der Waals surface area contributed by atoms with E-state index < -0.39 is 0 Å². The molecule has 4 nitrogen and oxygen atoms in total. The van der Waals surface area contributed by atoms with Crippen molar-refractivity contribution in [2.24, 2.45) is 7.05 Å². The molecule has 0 saturated heterocycles. The second-order valence-corrected chi connectivity index (χ2v) is 5.18. The SMILES string of the molecule is CCC(C)SCC(O)Cc1ncnn1C. The van der Waals surface area contributed by atoms with Gasteiger partial charge in [0.2, 0.25) is 0 Å². The highest BCUT2D eigenvalue weighted by Crippen LogP contribution is 2.15. The van der Waals surface area contributed by atoms with E-state index in [2.05, 4.69) is 23.9 Å². The summed E-state index contributed by atoms with van der Waals surface area (Å²) in [6, 6.07) is 0. The molecule has 1 N–H and O–H groups in total. The monoisotopic (exact) mass is 229 g/mol. The van der Waals surface area contributed by atoms with Gasteiger partial charge in [0.05, 0.1) is 6.10 Å². The Morgan fingerprint density at radius 1 is 1.60 bits per heavy atom. The zero-order valence-corrected chi connectivity index (χ0v) is 10.4. The second kappa shape index (κ2) is 6.12. The van der Waals surface area contributed by atoms with E-state index in [1.807, 2.05) is 7.05 Å². The summed E-state index contributed by atoms with van der Waals surface area (Å²) in [6.45, 7) is 4.34. The number of aliphatic hydroxyl groups excluding tert-OH is 1. The molecule has 0 aliphatic carbocycles. The molecule has 0 saturated carbocycles. The molecule has 5 heteroatoms. The van der Waals surface area contributed by atoms with Gasteiger partial charge in [-0.1, -0.05) is 13.8 Å². The number of aryl methyl sites for hydroxylation is 1. The predicted molar refractivity (Wildman–Crippen MR) is 62.9 cm³/mol. The molecule has 1 aromatic heterocycles. The van der Waals surface area contributed by atoms with Crippen molar-refractivity contribution in [2.75, 3.05) is 5.75 Å². The normalized spacial score (nSPS) is 15.2. The van der Waals surface area contributed by atoms with Gasteiger partial charge in [-0.15, -0.1) is 0 Å². The number of rotatable bonds is 6. The molecule has 0 aliphatic heterocycles. The van der Waals surface area contributed by atoms with Crippen LogP contribution in [0.3, 0.4) is 0 Å². The van der Waals surface area contributed by atoms with Crippen molar-refractivity contribution < 1.29 is 5.11 Å². The average molecular weight is 229 g/mol. The lowest BCUT2D eigenvalue weighted by atomic mass is 10.3. The molecule has 1 aromatic rings. The van der Waals surface area contributed by atoms with Crippen LogP contribution in [0.4, 0.5) is 0 Å². The summed E-state index contributed by atoms with van der Waals surface area (Å²) >= 11 is 1.80. The summed E-state index contributed by atoms with van der Waals surface area (Å²) in [5, 5.41) is 14.4. The fourth-order valence-electron chi connectivity index (χ4n) is 1.17. The van der Waals surface area contributed by atoms with E-state index in [9.17, 15) is 5.11 Å². The fraction of sp³-hybridized carbons (Fsp3) is 0.800. The molecule has 0 amide bonds. The molecule has 86 valence electrons. The van der Waals surface area contributed by atoms with Gasteiger partial charge in [-0.3, -0.25) is 4.68 Å². The lowest BCUT2D eigenvalue weighted by Crippen LogP contribution is -2.18. The molecule has 0 bridgehead atoms. The number of hydrogen-bond acceptors (Lipinski definition) is 4. The Hall–Kier alpha value is -0.550. The minimum atomic E-state index is -0.327. The molecular weight excluding hydrogens is 210 g/mol. The highest BCUT2D eigenvalue weighted by molar-refractivity contribution is 7.99. The van der Waals surface area contributed by atoms with Crippen LogP contribution in [-0.2, 0) is 13.5 Å². The van der Waals surface area contributed by atoms with Crippen LogP contribution >= 0.6 is 11.8 Å². The summed E-state index contributed by atoms with van der Waals surface area (Å²) in [5.74, 6) is 1.61. The Kier molecular flexibility index (Phi) is 5.11. The average Bonchev–Trinajstić information content (AvgIpc) is 2.61. The fourth-order valence-corrected chi connectivity index (χ4v) is 2.07. The minimum Gasteiger partial charge on any atom is -0.392 e. The smallest absolute Gasteiger partial charge is 0.138 e. The van der Waals surface area contributed by atoms with Gasteiger partial charge in [0.1, 0.15) is 12.2 Å². The Morgan fingerprint density at radius 3 is 2.87 bits per heavy atom. The van der Waals surface area contributed by atoms with Crippen LogP contribution in [0.5, 0.6) is 0 Å². The third kappa shape index (κ3) is 4.22. The first-order valence-electron chi connectivity index (χ1n) is 5.26. The van der Waals surface area contributed by atoms with Crippen LogP contribution in [0, 0.1) is 0 Å². The molecule has 0 aromatic carbocycles. The van der Waals surface area contributed by atoms with Gasteiger partial charge in [-0.25, -0.2) is 4.98 Å². The van der Waals surface area contributed by atoms with Gasteiger partial charge >= 0.3 is 0 Å². The van der Waals surface area contributed by atoms with E-state index >= 15 is 0 Å². The van der Waals surface area contributed by atoms with E-state index in [0.717, 1.165) is 18.0 Å². The van der Waals surface area contributed by atoms with Crippen LogP contribution in [-0.4, -0.2) is 37.0 Å². The van der Waals surface area contributed by atoms with Crippen molar-refractivity contribution in [1.29, 1.82) is 0 Å². The van der Waals surface area contributed by atoms with Crippen molar-refractivity contribution in [3.05, 3.63) is 12.2 Å². The van der Waals surface area contributed by atoms with Crippen molar-refractivity contribution in [1.82, 2.24) is 14.8 Å². The van der Waals surface area contributed by atoms with E-state index in [0.29, 0.717) is 11.7 Å². The molecule has 1 heterocycles. The number of aliphatic hydroxyl groups is 1. The lowest BCUT2D eigenvalue weighted by Gasteiger charge is -2.12. The summed E-state index contributed by atoms with van der Waals surface area (Å²) in [6.07, 6.45) is 2.91.